The van der Waals surface area contributed by atoms with Crippen LogP contribution in [0.4, 0.5) is 0 Å². The van der Waals surface area contributed by atoms with Crippen LogP contribution in [0.2, 0.25) is 0 Å². The lowest BCUT2D eigenvalue weighted by Gasteiger charge is -2.21. The Labute approximate surface area is 116 Å². The van der Waals surface area contributed by atoms with Gasteiger partial charge in [-0.2, -0.15) is 0 Å². The zero-order valence-corrected chi connectivity index (χ0v) is 11.3. The highest BCUT2D eigenvalue weighted by atomic mass is 16.5. The van der Waals surface area contributed by atoms with Crippen molar-refractivity contribution in [3.8, 4) is 0 Å². The van der Waals surface area contributed by atoms with Gasteiger partial charge in [0.1, 0.15) is 5.76 Å². The number of likely N-dealkylation sites (tertiary alicyclic amines) is 1. The predicted octanol–water partition coefficient (Wildman–Crippen LogP) is 2.01. The van der Waals surface area contributed by atoms with E-state index in [9.17, 15) is 4.79 Å². The molecule has 0 saturated carbocycles. The van der Waals surface area contributed by atoms with Gasteiger partial charge in [-0.1, -0.05) is 5.16 Å². The van der Waals surface area contributed by atoms with Gasteiger partial charge in [0.05, 0.1) is 18.3 Å². The van der Waals surface area contributed by atoms with Crippen LogP contribution in [0, 0.1) is 6.92 Å². The fraction of sp³-hybridized carbons (Fsp3) is 0.429. The Kier molecular flexibility index (Phi) is 3.31. The van der Waals surface area contributed by atoms with Crippen LogP contribution in [0.15, 0.2) is 27.1 Å². The molecule has 3 heterocycles. The molecule has 0 spiro atoms. The molecule has 3 rings (SSSR count). The first kappa shape index (κ1) is 12.9. The van der Waals surface area contributed by atoms with Crippen molar-refractivity contribution in [2.24, 2.45) is 5.73 Å². The van der Waals surface area contributed by atoms with Gasteiger partial charge in [-0.15, -0.1) is 0 Å². The molecule has 1 aliphatic heterocycles. The largest absolute Gasteiger partial charge is 0.455 e. The summed E-state index contributed by atoms with van der Waals surface area (Å²) in [5.74, 6) is 1.55. The summed E-state index contributed by atoms with van der Waals surface area (Å²) in [6, 6.07) is 5.22. The van der Waals surface area contributed by atoms with Gasteiger partial charge in [0, 0.05) is 12.6 Å². The number of nitrogens with zero attached hydrogens (tertiary/aromatic N) is 2. The van der Waals surface area contributed by atoms with Gasteiger partial charge in [0.25, 0.3) is 5.91 Å². The third-order valence-corrected chi connectivity index (χ3v) is 3.56. The maximum Gasteiger partial charge on any atom is 0.290 e. The molecule has 1 saturated heterocycles. The molecule has 2 aromatic rings. The first-order chi connectivity index (χ1) is 9.69. The van der Waals surface area contributed by atoms with Crippen molar-refractivity contribution in [2.75, 3.05) is 6.54 Å². The van der Waals surface area contributed by atoms with E-state index in [1.807, 2.05) is 13.0 Å². The van der Waals surface area contributed by atoms with E-state index in [1.165, 1.54) is 0 Å². The van der Waals surface area contributed by atoms with Crippen molar-refractivity contribution < 1.29 is 13.7 Å². The van der Waals surface area contributed by atoms with E-state index < -0.39 is 0 Å². The number of amides is 1. The molecule has 1 unspecified atom stereocenters. The number of furan rings is 1. The third-order valence-electron chi connectivity index (χ3n) is 3.56. The molecule has 106 valence electrons. The average molecular weight is 275 g/mol. The first-order valence-corrected chi connectivity index (χ1v) is 6.72. The lowest BCUT2D eigenvalue weighted by Crippen LogP contribution is -2.30. The summed E-state index contributed by atoms with van der Waals surface area (Å²) in [4.78, 5) is 14.3. The molecule has 6 nitrogen and oxygen atoms in total. The number of hydrogen-bond acceptors (Lipinski definition) is 5. The molecule has 2 aromatic heterocycles. The quantitative estimate of drug-likeness (QED) is 0.926. The van der Waals surface area contributed by atoms with Gasteiger partial charge in [-0.05, 0) is 31.9 Å². The highest BCUT2D eigenvalue weighted by Gasteiger charge is 2.34. The van der Waals surface area contributed by atoms with Gasteiger partial charge in [0.2, 0.25) is 0 Å². The summed E-state index contributed by atoms with van der Waals surface area (Å²) in [5.41, 5.74) is 6.32. The number of aryl methyl sites for hydroxylation is 1. The fourth-order valence-electron chi connectivity index (χ4n) is 2.59. The van der Waals surface area contributed by atoms with Crippen LogP contribution in [0.3, 0.4) is 0 Å². The number of nitrogens with two attached hydrogens (primary N) is 1. The summed E-state index contributed by atoms with van der Waals surface area (Å²) < 4.78 is 10.7. The molecule has 0 bridgehead atoms. The van der Waals surface area contributed by atoms with E-state index in [2.05, 4.69) is 5.16 Å². The normalized spacial score (nSPS) is 18.7. The Morgan fingerprint density at radius 2 is 2.40 bits per heavy atom. The molecule has 1 aliphatic rings. The van der Waals surface area contributed by atoms with Crippen molar-refractivity contribution in [3.63, 3.8) is 0 Å². The monoisotopic (exact) mass is 275 g/mol. The zero-order chi connectivity index (χ0) is 14.1. The van der Waals surface area contributed by atoms with E-state index in [-0.39, 0.29) is 18.5 Å². The smallest absolute Gasteiger partial charge is 0.290 e. The van der Waals surface area contributed by atoms with Crippen molar-refractivity contribution in [2.45, 2.75) is 32.4 Å². The Bertz CT molecular complexity index is 617. The highest BCUT2D eigenvalue weighted by molar-refractivity contribution is 5.92. The molecule has 0 aliphatic carbocycles. The Hall–Kier alpha value is -2.08. The Morgan fingerprint density at radius 1 is 1.55 bits per heavy atom. The van der Waals surface area contributed by atoms with Crippen molar-refractivity contribution in [1.82, 2.24) is 10.1 Å². The minimum atomic E-state index is -0.124. The minimum Gasteiger partial charge on any atom is -0.455 e. The lowest BCUT2D eigenvalue weighted by molar-refractivity contribution is 0.0680. The maximum atomic E-state index is 12.5. The third kappa shape index (κ3) is 2.22. The number of rotatable bonds is 3. The van der Waals surface area contributed by atoms with E-state index in [0.29, 0.717) is 18.1 Å². The Balaban J connectivity index is 1.83. The number of aromatic nitrogens is 1. The number of carbonyl (C=O) groups is 1. The molecule has 1 atom stereocenters. The van der Waals surface area contributed by atoms with Gasteiger partial charge < -0.3 is 19.6 Å². The van der Waals surface area contributed by atoms with Crippen LogP contribution in [-0.4, -0.2) is 22.5 Å². The van der Waals surface area contributed by atoms with Gasteiger partial charge in [-0.25, -0.2) is 0 Å². The van der Waals surface area contributed by atoms with E-state index in [0.717, 1.165) is 24.3 Å². The molecular weight excluding hydrogens is 258 g/mol. The summed E-state index contributed by atoms with van der Waals surface area (Å²) in [7, 11) is 0. The molecule has 1 amide bonds. The van der Waals surface area contributed by atoms with Crippen LogP contribution in [0.5, 0.6) is 0 Å². The second kappa shape index (κ2) is 5.13. The molecule has 1 fully saturated rings. The predicted molar refractivity (Wildman–Crippen MR) is 70.9 cm³/mol. The van der Waals surface area contributed by atoms with E-state index in [1.54, 1.807) is 17.0 Å². The van der Waals surface area contributed by atoms with Crippen LogP contribution < -0.4 is 5.73 Å². The topological polar surface area (TPSA) is 85.5 Å². The molecule has 6 heteroatoms. The summed E-state index contributed by atoms with van der Waals surface area (Å²) >= 11 is 0. The van der Waals surface area contributed by atoms with Crippen molar-refractivity contribution in [1.29, 1.82) is 0 Å². The lowest BCUT2D eigenvalue weighted by atomic mass is 10.1. The number of carbonyl (C=O) groups excluding carboxylic acids is 1. The maximum absolute atomic E-state index is 12.5. The molecule has 0 aromatic carbocycles. The van der Waals surface area contributed by atoms with E-state index in [4.69, 9.17) is 14.7 Å². The highest BCUT2D eigenvalue weighted by Crippen LogP contribution is 2.33. The Morgan fingerprint density at radius 3 is 3.05 bits per heavy atom. The second-order valence-corrected chi connectivity index (χ2v) is 5.00. The molecular formula is C14H17N3O3. The zero-order valence-electron chi connectivity index (χ0n) is 11.3. The molecule has 20 heavy (non-hydrogen) atoms. The van der Waals surface area contributed by atoms with Gasteiger partial charge in [-0.3, -0.25) is 4.79 Å². The number of hydrogen-bond donors (Lipinski definition) is 1. The fourth-order valence-corrected chi connectivity index (χ4v) is 2.59. The average Bonchev–Trinajstić information content (AvgIpc) is 3.17. The molecule has 0 radical (unpaired) electrons. The van der Waals surface area contributed by atoms with E-state index >= 15 is 0 Å². The van der Waals surface area contributed by atoms with Crippen molar-refractivity contribution >= 4 is 5.91 Å². The standard InChI is InChI=1S/C14H17N3O3/c1-9-7-13(20-16-9)11-3-2-6-17(11)14(18)12-5-4-10(8-15)19-12/h4-5,7,11H,2-3,6,8,15H2,1H3. The SMILES string of the molecule is Cc1cc(C2CCCN2C(=O)c2ccc(CN)o2)on1. The van der Waals surface area contributed by atoms with Crippen LogP contribution in [0.25, 0.3) is 0 Å². The minimum absolute atomic E-state index is 0.0601. The summed E-state index contributed by atoms with van der Waals surface area (Å²) in [6.45, 7) is 2.86. The summed E-state index contributed by atoms with van der Waals surface area (Å²) in [6.07, 6.45) is 1.82. The first-order valence-electron chi connectivity index (χ1n) is 6.72. The summed E-state index contributed by atoms with van der Waals surface area (Å²) in [5, 5.41) is 3.89. The molecule has 2 N–H and O–H groups in total. The van der Waals surface area contributed by atoms with Crippen LogP contribution >= 0.6 is 0 Å². The van der Waals surface area contributed by atoms with Gasteiger partial charge in [0.15, 0.2) is 11.5 Å². The van der Waals surface area contributed by atoms with Crippen molar-refractivity contribution in [3.05, 3.63) is 41.2 Å². The van der Waals surface area contributed by atoms with Crippen LogP contribution in [-0.2, 0) is 6.54 Å². The second-order valence-electron chi connectivity index (χ2n) is 5.00. The van der Waals surface area contributed by atoms with Crippen LogP contribution in [0.1, 0.15) is 46.7 Å². The van der Waals surface area contributed by atoms with Gasteiger partial charge >= 0.3 is 0 Å².